The molecule has 3 rings (SSSR count). The molecular weight excluding hydrogens is 238 g/mol. The molecule has 4 nitrogen and oxygen atoms in total. The summed E-state index contributed by atoms with van der Waals surface area (Å²) in [5.74, 6) is 0.329. The summed E-state index contributed by atoms with van der Waals surface area (Å²) in [4.78, 5) is 18.2. The zero-order valence-electron chi connectivity index (χ0n) is 10.5. The number of imidazole rings is 1. The molecule has 1 amide bonds. The number of hydrogen-bond donors (Lipinski definition) is 2. The van der Waals surface area contributed by atoms with Crippen molar-refractivity contribution >= 4 is 22.6 Å². The van der Waals surface area contributed by atoms with Crippen LogP contribution in [0.15, 0.2) is 48.7 Å². The van der Waals surface area contributed by atoms with E-state index in [-0.39, 0.29) is 5.91 Å². The number of aromatic amines is 1. The Kier molecular flexibility index (Phi) is 2.76. The van der Waals surface area contributed by atoms with E-state index in [4.69, 9.17) is 0 Å². The third-order valence-electron chi connectivity index (χ3n) is 2.93. The topological polar surface area (TPSA) is 57.8 Å². The van der Waals surface area contributed by atoms with Gasteiger partial charge in [-0.15, -0.1) is 0 Å². The van der Waals surface area contributed by atoms with Gasteiger partial charge in [-0.1, -0.05) is 36.4 Å². The number of nitrogens with one attached hydrogen (secondary N) is 2. The highest BCUT2D eigenvalue weighted by Gasteiger charge is 2.05. The Morgan fingerprint density at radius 3 is 2.74 bits per heavy atom. The Bertz CT molecular complexity index is 746. The fourth-order valence-corrected chi connectivity index (χ4v) is 2.06. The van der Waals surface area contributed by atoms with Crippen LogP contribution in [0.5, 0.6) is 0 Å². The minimum Gasteiger partial charge on any atom is -0.324 e. The minimum atomic E-state index is -0.139. The van der Waals surface area contributed by atoms with Crippen molar-refractivity contribution < 1.29 is 4.79 Å². The molecule has 0 saturated carbocycles. The summed E-state index contributed by atoms with van der Waals surface area (Å²) in [6.07, 6.45) is 1.72. The Morgan fingerprint density at radius 1 is 1.16 bits per heavy atom. The Hall–Kier alpha value is -2.62. The first-order valence-corrected chi connectivity index (χ1v) is 6.04. The summed E-state index contributed by atoms with van der Waals surface area (Å²) in [5, 5.41) is 5.00. The van der Waals surface area contributed by atoms with Crippen LogP contribution in [-0.4, -0.2) is 15.9 Å². The van der Waals surface area contributed by atoms with Crippen molar-refractivity contribution in [3.63, 3.8) is 0 Å². The van der Waals surface area contributed by atoms with Gasteiger partial charge in [0.05, 0.1) is 11.9 Å². The Labute approximate surface area is 110 Å². The fraction of sp³-hybridized carbons (Fsp3) is 0.0667. The van der Waals surface area contributed by atoms with E-state index < -0.39 is 0 Å². The molecule has 0 saturated heterocycles. The number of hydrogen-bond acceptors (Lipinski definition) is 2. The maximum atomic E-state index is 11.0. The predicted octanol–water partition coefficient (Wildman–Crippen LogP) is 3.19. The molecule has 0 atom stereocenters. The summed E-state index contributed by atoms with van der Waals surface area (Å²) in [6, 6.07) is 14.4. The second-order valence-corrected chi connectivity index (χ2v) is 4.39. The van der Waals surface area contributed by atoms with Crippen molar-refractivity contribution in [1.82, 2.24) is 9.97 Å². The minimum absolute atomic E-state index is 0.139. The van der Waals surface area contributed by atoms with Crippen LogP contribution in [0.3, 0.4) is 0 Å². The highest BCUT2D eigenvalue weighted by Crippen LogP contribution is 2.23. The molecule has 0 aliphatic heterocycles. The number of carbonyl (C=O) groups is 1. The third kappa shape index (κ3) is 2.33. The second-order valence-electron chi connectivity index (χ2n) is 4.39. The molecule has 0 fully saturated rings. The van der Waals surface area contributed by atoms with E-state index >= 15 is 0 Å². The van der Waals surface area contributed by atoms with E-state index in [0.717, 1.165) is 11.3 Å². The van der Waals surface area contributed by atoms with Gasteiger partial charge >= 0.3 is 0 Å². The lowest BCUT2D eigenvalue weighted by atomic mass is 10.1. The van der Waals surface area contributed by atoms with E-state index in [2.05, 4.69) is 39.6 Å². The van der Waals surface area contributed by atoms with Gasteiger partial charge < -0.3 is 4.98 Å². The average molecular weight is 251 g/mol. The van der Waals surface area contributed by atoms with E-state index in [1.54, 1.807) is 6.20 Å². The molecule has 1 aromatic heterocycles. The highest BCUT2D eigenvalue weighted by atomic mass is 16.1. The molecule has 0 bridgehead atoms. The smallest absolute Gasteiger partial charge is 0.223 e. The first-order valence-electron chi connectivity index (χ1n) is 6.04. The second kappa shape index (κ2) is 4.57. The van der Waals surface area contributed by atoms with Gasteiger partial charge in [0.1, 0.15) is 0 Å². The molecule has 2 N–H and O–H groups in total. The summed E-state index contributed by atoms with van der Waals surface area (Å²) in [6.45, 7) is 1.46. The van der Waals surface area contributed by atoms with Gasteiger partial charge in [0.25, 0.3) is 0 Å². The molecule has 19 heavy (non-hydrogen) atoms. The number of nitrogens with zero attached hydrogens (tertiary/aromatic N) is 1. The fourth-order valence-electron chi connectivity index (χ4n) is 2.06. The van der Waals surface area contributed by atoms with Crippen LogP contribution in [0.1, 0.15) is 6.92 Å². The summed E-state index contributed by atoms with van der Waals surface area (Å²) in [5.41, 5.74) is 1.93. The zero-order valence-corrected chi connectivity index (χ0v) is 10.5. The van der Waals surface area contributed by atoms with Crippen LogP contribution in [0, 0.1) is 0 Å². The number of amides is 1. The van der Waals surface area contributed by atoms with Gasteiger partial charge in [-0.2, -0.15) is 0 Å². The summed E-state index contributed by atoms with van der Waals surface area (Å²) in [7, 11) is 0. The first-order chi connectivity index (χ1) is 9.22. The number of anilines is 1. The normalized spacial score (nSPS) is 10.6. The number of H-pyrrole nitrogens is 1. The Balaban J connectivity index is 1.99. The Morgan fingerprint density at radius 2 is 1.95 bits per heavy atom. The number of rotatable bonds is 2. The van der Waals surface area contributed by atoms with Crippen LogP contribution in [0.4, 0.5) is 5.95 Å². The SMILES string of the molecule is CC(=O)Nc1ncc(-c2ccc3ccccc3c2)[nH]1. The molecule has 1 heterocycles. The third-order valence-corrected chi connectivity index (χ3v) is 2.93. The van der Waals surface area contributed by atoms with E-state index in [0.29, 0.717) is 5.95 Å². The van der Waals surface area contributed by atoms with Gasteiger partial charge in [-0.3, -0.25) is 10.1 Å². The molecule has 0 aliphatic rings. The molecule has 0 aliphatic carbocycles. The van der Waals surface area contributed by atoms with Crippen molar-refractivity contribution in [1.29, 1.82) is 0 Å². The monoisotopic (exact) mass is 251 g/mol. The van der Waals surface area contributed by atoms with Crippen molar-refractivity contribution in [3.8, 4) is 11.3 Å². The van der Waals surface area contributed by atoms with Gasteiger partial charge in [-0.05, 0) is 16.8 Å². The molecule has 4 heteroatoms. The lowest BCUT2D eigenvalue weighted by molar-refractivity contribution is -0.114. The number of carbonyl (C=O) groups excluding carboxylic acids is 1. The molecule has 0 spiro atoms. The molecule has 3 aromatic rings. The standard InChI is InChI=1S/C15H13N3O/c1-10(19)17-15-16-9-14(18-15)13-7-6-11-4-2-3-5-12(11)8-13/h2-9H,1H3,(H2,16,17,18,19). The number of benzene rings is 2. The lowest BCUT2D eigenvalue weighted by Gasteiger charge is -2.01. The molecule has 94 valence electrons. The van der Waals surface area contributed by atoms with E-state index in [1.807, 2.05) is 18.2 Å². The summed E-state index contributed by atoms with van der Waals surface area (Å²) < 4.78 is 0. The molecule has 0 radical (unpaired) electrons. The number of aromatic nitrogens is 2. The van der Waals surface area contributed by atoms with Crippen LogP contribution in [0.25, 0.3) is 22.0 Å². The maximum absolute atomic E-state index is 11.0. The quantitative estimate of drug-likeness (QED) is 0.734. The van der Waals surface area contributed by atoms with E-state index in [1.165, 1.54) is 17.7 Å². The first kappa shape index (κ1) is 11.5. The van der Waals surface area contributed by atoms with Crippen LogP contribution in [-0.2, 0) is 4.79 Å². The zero-order chi connectivity index (χ0) is 13.2. The maximum Gasteiger partial charge on any atom is 0.223 e. The molecule has 2 aromatic carbocycles. The van der Waals surface area contributed by atoms with Crippen molar-refractivity contribution in [3.05, 3.63) is 48.7 Å². The van der Waals surface area contributed by atoms with Crippen molar-refractivity contribution in [2.75, 3.05) is 5.32 Å². The van der Waals surface area contributed by atoms with Crippen LogP contribution >= 0.6 is 0 Å². The van der Waals surface area contributed by atoms with Gasteiger partial charge in [0.15, 0.2) is 0 Å². The average Bonchev–Trinajstić information content (AvgIpc) is 2.86. The molecular formula is C15H13N3O. The predicted molar refractivity (Wildman–Crippen MR) is 75.8 cm³/mol. The van der Waals surface area contributed by atoms with Gasteiger partial charge in [-0.25, -0.2) is 4.98 Å². The van der Waals surface area contributed by atoms with E-state index in [9.17, 15) is 4.79 Å². The van der Waals surface area contributed by atoms with Crippen molar-refractivity contribution in [2.45, 2.75) is 6.92 Å². The van der Waals surface area contributed by atoms with Gasteiger partial charge in [0.2, 0.25) is 11.9 Å². The van der Waals surface area contributed by atoms with Gasteiger partial charge in [0, 0.05) is 12.5 Å². The largest absolute Gasteiger partial charge is 0.324 e. The van der Waals surface area contributed by atoms with Crippen LogP contribution < -0.4 is 5.32 Å². The van der Waals surface area contributed by atoms with Crippen LogP contribution in [0.2, 0.25) is 0 Å². The highest BCUT2D eigenvalue weighted by molar-refractivity contribution is 5.88. The summed E-state index contributed by atoms with van der Waals surface area (Å²) >= 11 is 0. The van der Waals surface area contributed by atoms with Crippen molar-refractivity contribution in [2.24, 2.45) is 0 Å². The number of fused-ring (bicyclic) bond motifs is 1. The lowest BCUT2D eigenvalue weighted by Crippen LogP contribution is -2.06. The molecule has 0 unspecified atom stereocenters.